The van der Waals surface area contributed by atoms with E-state index in [1.807, 2.05) is 0 Å². The minimum absolute atomic E-state index is 0.0982. The quantitative estimate of drug-likeness (QED) is 0.387. The molecule has 21 heavy (non-hydrogen) atoms. The fraction of sp³-hybridized carbons (Fsp3) is 0.214. The van der Waals surface area contributed by atoms with E-state index in [2.05, 4.69) is 15.0 Å². The first kappa shape index (κ1) is 16.7. The lowest BCUT2D eigenvalue weighted by atomic mass is 10.2. The Morgan fingerprint density at radius 1 is 1.43 bits per heavy atom. The second-order valence-electron chi connectivity index (χ2n) is 3.97. The summed E-state index contributed by atoms with van der Waals surface area (Å²) in [5.41, 5.74) is 0.456. The molecule has 1 rings (SSSR count). The first-order chi connectivity index (χ1) is 9.92. The highest BCUT2D eigenvalue weighted by Crippen LogP contribution is 2.28. The molecule has 2 N–H and O–H groups in total. The third kappa shape index (κ3) is 4.06. The standard InChI is InChI=1S/C14H15ClN2O4/c1-8(18)10(14(20)21-3)7-17-11-6-4-5-9(12(11)15)13(19)16-2/h4-7,18H,1-3H3,(H,16,19). The maximum Gasteiger partial charge on any atom is 0.342 e. The number of nitrogens with one attached hydrogen (secondary N) is 1. The van der Waals surface area contributed by atoms with Gasteiger partial charge in [0.25, 0.3) is 5.91 Å². The van der Waals surface area contributed by atoms with Crippen molar-refractivity contribution in [3.05, 3.63) is 40.1 Å². The number of aliphatic imine (C=N–C) groups is 1. The molecule has 0 bridgehead atoms. The van der Waals surface area contributed by atoms with Gasteiger partial charge in [0.1, 0.15) is 11.3 Å². The lowest BCUT2D eigenvalue weighted by molar-refractivity contribution is -0.135. The molecule has 7 heteroatoms. The smallest absolute Gasteiger partial charge is 0.342 e. The van der Waals surface area contributed by atoms with E-state index in [1.54, 1.807) is 18.2 Å². The summed E-state index contributed by atoms with van der Waals surface area (Å²) >= 11 is 6.09. The van der Waals surface area contributed by atoms with Crippen LogP contribution >= 0.6 is 11.6 Å². The van der Waals surface area contributed by atoms with Crippen LogP contribution in [0.25, 0.3) is 0 Å². The van der Waals surface area contributed by atoms with Crippen molar-refractivity contribution in [1.82, 2.24) is 5.32 Å². The summed E-state index contributed by atoms with van der Waals surface area (Å²) in [6, 6.07) is 4.73. The first-order valence-electron chi connectivity index (χ1n) is 5.95. The maximum atomic E-state index is 11.6. The number of carbonyl (C=O) groups is 2. The van der Waals surface area contributed by atoms with Crippen LogP contribution in [0, 0.1) is 0 Å². The third-order valence-electron chi connectivity index (χ3n) is 2.58. The van der Waals surface area contributed by atoms with Gasteiger partial charge in [-0.3, -0.25) is 9.79 Å². The summed E-state index contributed by atoms with van der Waals surface area (Å²) in [6.07, 6.45) is 1.13. The van der Waals surface area contributed by atoms with Gasteiger partial charge in [-0.05, 0) is 19.1 Å². The zero-order chi connectivity index (χ0) is 16.0. The highest BCUT2D eigenvalue weighted by molar-refractivity contribution is 6.36. The van der Waals surface area contributed by atoms with Gasteiger partial charge in [-0.25, -0.2) is 4.79 Å². The molecule has 0 unspecified atom stereocenters. The number of rotatable bonds is 4. The molecule has 0 saturated carbocycles. The lowest BCUT2D eigenvalue weighted by Gasteiger charge is -2.05. The Bertz CT molecular complexity index is 619. The molecule has 0 aliphatic carbocycles. The van der Waals surface area contributed by atoms with Gasteiger partial charge in [0, 0.05) is 13.3 Å². The molecule has 0 radical (unpaired) electrons. The number of ether oxygens (including phenoxy) is 1. The highest BCUT2D eigenvalue weighted by atomic mass is 35.5. The van der Waals surface area contributed by atoms with Crippen LogP contribution in [0.1, 0.15) is 17.3 Å². The number of methoxy groups -OCH3 is 1. The molecule has 1 aromatic carbocycles. The predicted molar refractivity (Wildman–Crippen MR) is 80.3 cm³/mol. The van der Waals surface area contributed by atoms with Gasteiger partial charge in [-0.2, -0.15) is 0 Å². The summed E-state index contributed by atoms with van der Waals surface area (Å²) in [6.45, 7) is 1.33. The molecule has 112 valence electrons. The first-order valence-corrected chi connectivity index (χ1v) is 6.33. The summed E-state index contributed by atoms with van der Waals surface area (Å²) in [4.78, 5) is 27.1. The van der Waals surface area contributed by atoms with E-state index in [0.717, 1.165) is 6.21 Å². The molecule has 0 aromatic heterocycles. The maximum absolute atomic E-state index is 11.6. The Kier molecular flexibility index (Phi) is 5.92. The van der Waals surface area contributed by atoms with Crippen LogP contribution < -0.4 is 5.32 Å². The van der Waals surface area contributed by atoms with E-state index < -0.39 is 5.97 Å². The van der Waals surface area contributed by atoms with Crippen LogP contribution in [0.5, 0.6) is 0 Å². The van der Waals surface area contributed by atoms with Gasteiger partial charge >= 0.3 is 5.97 Å². The molecule has 0 fully saturated rings. The molecule has 1 amide bonds. The van der Waals surface area contributed by atoms with Crippen LogP contribution in [0.15, 0.2) is 34.5 Å². The van der Waals surface area contributed by atoms with Crippen LogP contribution in [0.4, 0.5) is 5.69 Å². The van der Waals surface area contributed by atoms with Crippen molar-refractivity contribution in [2.75, 3.05) is 14.2 Å². The number of benzene rings is 1. The van der Waals surface area contributed by atoms with E-state index in [4.69, 9.17) is 11.6 Å². The Morgan fingerprint density at radius 2 is 2.10 bits per heavy atom. The van der Waals surface area contributed by atoms with Crippen molar-refractivity contribution in [1.29, 1.82) is 0 Å². The third-order valence-corrected chi connectivity index (χ3v) is 2.98. The number of halogens is 1. The molecule has 0 saturated heterocycles. The summed E-state index contributed by atoms with van der Waals surface area (Å²) in [7, 11) is 2.68. The molecule has 0 aliphatic heterocycles. The second-order valence-corrected chi connectivity index (χ2v) is 4.34. The van der Waals surface area contributed by atoms with Crippen molar-refractivity contribution >= 4 is 35.4 Å². The van der Waals surface area contributed by atoms with E-state index in [0.29, 0.717) is 5.69 Å². The number of aliphatic hydroxyl groups is 1. The van der Waals surface area contributed by atoms with Gasteiger partial charge in [-0.1, -0.05) is 17.7 Å². The fourth-order valence-corrected chi connectivity index (χ4v) is 1.73. The second kappa shape index (κ2) is 7.44. The Labute approximate surface area is 127 Å². The van der Waals surface area contributed by atoms with Crippen molar-refractivity contribution in [2.45, 2.75) is 6.92 Å². The van der Waals surface area contributed by atoms with E-state index >= 15 is 0 Å². The molecule has 0 aliphatic rings. The van der Waals surface area contributed by atoms with Crippen molar-refractivity contribution in [2.24, 2.45) is 4.99 Å². The fourth-order valence-electron chi connectivity index (χ4n) is 1.47. The lowest BCUT2D eigenvalue weighted by Crippen LogP contribution is -2.18. The minimum Gasteiger partial charge on any atom is -0.512 e. The zero-order valence-corrected chi connectivity index (χ0v) is 12.6. The Hall–Kier alpha value is -2.34. The van der Waals surface area contributed by atoms with Crippen molar-refractivity contribution < 1.29 is 19.4 Å². The highest BCUT2D eigenvalue weighted by Gasteiger charge is 2.13. The number of esters is 1. The van der Waals surface area contributed by atoms with Crippen LogP contribution in [0.2, 0.25) is 5.02 Å². The minimum atomic E-state index is -0.725. The summed E-state index contributed by atoms with van der Waals surface area (Å²) in [5, 5.41) is 12.0. The Morgan fingerprint density at radius 3 is 2.62 bits per heavy atom. The van der Waals surface area contributed by atoms with E-state index in [-0.39, 0.29) is 27.8 Å². The van der Waals surface area contributed by atoms with Gasteiger partial charge in [0.05, 0.1) is 23.4 Å². The topological polar surface area (TPSA) is 88.0 Å². The summed E-state index contributed by atoms with van der Waals surface area (Å²) in [5.74, 6) is -1.30. The Balaban J connectivity index is 3.19. The molecule has 0 atom stereocenters. The number of carbonyl (C=O) groups excluding carboxylic acids is 2. The predicted octanol–water partition coefficient (Wildman–Crippen LogP) is 2.41. The van der Waals surface area contributed by atoms with Crippen LogP contribution in [-0.2, 0) is 9.53 Å². The molecule has 6 nitrogen and oxygen atoms in total. The zero-order valence-electron chi connectivity index (χ0n) is 11.8. The number of aliphatic hydroxyl groups excluding tert-OH is 1. The largest absolute Gasteiger partial charge is 0.512 e. The molecule has 0 heterocycles. The average molecular weight is 311 g/mol. The summed E-state index contributed by atoms with van der Waals surface area (Å²) < 4.78 is 4.53. The van der Waals surface area contributed by atoms with E-state index in [9.17, 15) is 14.7 Å². The molecule has 1 aromatic rings. The number of hydrogen-bond acceptors (Lipinski definition) is 5. The molecule has 0 spiro atoms. The normalized spacial score (nSPS) is 12.0. The number of hydrogen-bond donors (Lipinski definition) is 2. The van der Waals surface area contributed by atoms with Gasteiger partial charge in [-0.15, -0.1) is 0 Å². The average Bonchev–Trinajstić information content (AvgIpc) is 2.47. The molecular weight excluding hydrogens is 296 g/mol. The van der Waals surface area contributed by atoms with Gasteiger partial charge in [0.15, 0.2) is 0 Å². The van der Waals surface area contributed by atoms with Crippen molar-refractivity contribution in [3.63, 3.8) is 0 Å². The van der Waals surface area contributed by atoms with Gasteiger partial charge < -0.3 is 15.2 Å². The SMILES string of the molecule is CNC(=O)c1cccc(N=CC(C(=O)OC)=C(C)O)c1Cl. The number of allylic oxidation sites excluding steroid dienone is 1. The van der Waals surface area contributed by atoms with Crippen LogP contribution in [0.3, 0.4) is 0 Å². The van der Waals surface area contributed by atoms with Crippen molar-refractivity contribution in [3.8, 4) is 0 Å². The number of amides is 1. The monoisotopic (exact) mass is 310 g/mol. The van der Waals surface area contributed by atoms with Crippen LogP contribution in [-0.4, -0.2) is 37.4 Å². The van der Waals surface area contributed by atoms with E-state index in [1.165, 1.54) is 21.1 Å². The number of nitrogens with zero attached hydrogens (tertiary/aromatic N) is 1. The van der Waals surface area contributed by atoms with Gasteiger partial charge in [0.2, 0.25) is 0 Å². The molecular formula is C14H15ClN2O4.